The fraction of sp³-hybridized carbons (Fsp3) is 0.692. The molecule has 1 aliphatic rings. The van der Waals surface area contributed by atoms with E-state index in [1.807, 2.05) is 0 Å². The minimum Gasteiger partial charge on any atom is -0.505 e. The highest BCUT2D eigenvalue weighted by Crippen LogP contribution is 2.24. The third-order valence-electron chi connectivity index (χ3n) is 5.74. The molecule has 36 heavy (non-hydrogen) atoms. The molecular weight excluding hydrogens is 472 g/mol. The second-order valence-corrected chi connectivity index (χ2v) is 8.88. The zero-order chi connectivity index (χ0) is 26.8. The van der Waals surface area contributed by atoms with Gasteiger partial charge in [0.1, 0.15) is 12.7 Å². The van der Waals surface area contributed by atoms with Crippen molar-refractivity contribution in [1.82, 2.24) is 0 Å². The number of ether oxygens (including phenoxy) is 3. The van der Waals surface area contributed by atoms with Crippen LogP contribution >= 0.6 is 0 Å². The predicted octanol–water partition coefficient (Wildman–Crippen LogP) is 4.25. The van der Waals surface area contributed by atoms with Crippen molar-refractivity contribution in [2.24, 2.45) is 0 Å². The van der Waals surface area contributed by atoms with E-state index in [2.05, 4.69) is 11.7 Å². The lowest BCUT2D eigenvalue weighted by atomic mass is 10.0. The van der Waals surface area contributed by atoms with Gasteiger partial charge in [-0.1, -0.05) is 84.0 Å². The Hall–Kier alpha value is -2.88. The van der Waals surface area contributed by atoms with Gasteiger partial charge < -0.3 is 29.5 Å². The Kier molecular flexibility index (Phi) is 15.9. The summed E-state index contributed by atoms with van der Waals surface area (Å²) in [6.07, 6.45) is 13.5. The summed E-state index contributed by atoms with van der Waals surface area (Å²) in [6.45, 7) is 1.70. The minimum atomic E-state index is -1.58. The number of carbonyl (C=O) groups excluding carboxylic acids is 3. The molecule has 0 radical (unpaired) electrons. The molecule has 0 amide bonds. The summed E-state index contributed by atoms with van der Waals surface area (Å²) >= 11 is 0. The van der Waals surface area contributed by atoms with Gasteiger partial charge in [-0.05, 0) is 6.42 Å². The van der Waals surface area contributed by atoms with Crippen molar-refractivity contribution < 1.29 is 48.7 Å². The average Bonchev–Trinajstić information content (AvgIpc) is 3.12. The van der Waals surface area contributed by atoms with Gasteiger partial charge in [0.25, 0.3) is 5.76 Å². The quantitative estimate of drug-likeness (QED) is 0.0932. The van der Waals surface area contributed by atoms with Crippen LogP contribution in [0.2, 0.25) is 0 Å². The van der Waals surface area contributed by atoms with E-state index in [4.69, 9.17) is 14.6 Å². The van der Waals surface area contributed by atoms with Crippen LogP contribution in [0.5, 0.6) is 0 Å². The third-order valence-corrected chi connectivity index (χ3v) is 5.74. The summed E-state index contributed by atoms with van der Waals surface area (Å²) in [6, 6.07) is 0. The smallest absolute Gasteiger partial charge is 0.378 e. The highest BCUT2D eigenvalue weighted by atomic mass is 16.6. The second kappa shape index (κ2) is 18.4. The topological polar surface area (TPSA) is 157 Å². The van der Waals surface area contributed by atoms with Gasteiger partial charge in [0, 0.05) is 18.6 Å². The lowest BCUT2D eigenvalue weighted by Gasteiger charge is -2.17. The van der Waals surface area contributed by atoms with Gasteiger partial charge >= 0.3 is 23.9 Å². The highest BCUT2D eigenvalue weighted by Gasteiger charge is 2.41. The van der Waals surface area contributed by atoms with Gasteiger partial charge in [0.15, 0.2) is 11.9 Å². The van der Waals surface area contributed by atoms with Gasteiger partial charge in [0.2, 0.25) is 0 Å². The SMILES string of the molecule is CCCCCCCCCCCCCCCC(=O)OC[C@H](O)[C@H]1OC(=O)C(OC(=O)/C=C/C(=O)O)=C1O. The number of cyclic esters (lactones) is 1. The summed E-state index contributed by atoms with van der Waals surface area (Å²) in [5, 5.41) is 28.6. The van der Waals surface area contributed by atoms with Crippen LogP contribution in [0.25, 0.3) is 0 Å². The number of esters is 3. The highest BCUT2D eigenvalue weighted by molar-refractivity contribution is 5.96. The fourth-order valence-corrected chi connectivity index (χ4v) is 3.71. The third kappa shape index (κ3) is 13.3. The Morgan fingerprint density at radius 3 is 1.97 bits per heavy atom. The van der Waals surface area contributed by atoms with E-state index >= 15 is 0 Å². The minimum absolute atomic E-state index is 0.190. The number of rotatable bonds is 20. The number of hydrogen-bond donors (Lipinski definition) is 3. The predicted molar refractivity (Wildman–Crippen MR) is 130 cm³/mol. The van der Waals surface area contributed by atoms with Crippen molar-refractivity contribution in [1.29, 1.82) is 0 Å². The van der Waals surface area contributed by atoms with Gasteiger partial charge in [-0.15, -0.1) is 0 Å². The molecule has 1 rings (SSSR count). The number of carboxylic acids is 1. The molecule has 0 unspecified atom stereocenters. The number of aliphatic hydroxyl groups excluding tert-OH is 2. The van der Waals surface area contributed by atoms with Crippen LogP contribution in [0, 0.1) is 0 Å². The molecule has 0 aromatic heterocycles. The Morgan fingerprint density at radius 2 is 1.44 bits per heavy atom. The van der Waals surface area contributed by atoms with E-state index in [0.29, 0.717) is 18.6 Å². The first-order chi connectivity index (χ1) is 17.3. The number of carboxylic acid groups (broad SMARTS) is 1. The van der Waals surface area contributed by atoms with E-state index in [-0.39, 0.29) is 6.42 Å². The normalized spacial score (nSPS) is 16.3. The van der Waals surface area contributed by atoms with E-state index in [0.717, 1.165) is 19.3 Å². The molecule has 0 aliphatic carbocycles. The summed E-state index contributed by atoms with van der Waals surface area (Å²) in [7, 11) is 0. The van der Waals surface area contributed by atoms with E-state index < -0.39 is 54.2 Å². The van der Waals surface area contributed by atoms with Crippen molar-refractivity contribution in [3.05, 3.63) is 23.7 Å². The number of hydrogen-bond acceptors (Lipinski definition) is 9. The Morgan fingerprint density at radius 1 is 0.917 bits per heavy atom. The van der Waals surface area contributed by atoms with E-state index in [1.165, 1.54) is 57.8 Å². The van der Waals surface area contributed by atoms with Crippen molar-refractivity contribution in [2.45, 2.75) is 109 Å². The fourth-order valence-electron chi connectivity index (χ4n) is 3.71. The van der Waals surface area contributed by atoms with Crippen LogP contribution in [0.4, 0.5) is 0 Å². The number of aliphatic hydroxyl groups is 2. The molecule has 10 heteroatoms. The molecule has 10 nitrogen and oxygen atoms in total. The first kappa shape index (κ1) is 31.2. The van der Waals surface area contributed by atoms with Crippen molar-refractivity contribution in [2.75, 3.05) is 6.61 Å². The molecule has 0 aromatic carbocycles. The second-order valence-electron chi connectivity index (χ2n) is 8.88. The standard InChI is InChI=1S/C26H40O10/c1-2-3-4-5-6-7-8-9-10-11-12-13-14-15-21(30)34-18-19(27)24-23(32)25(26(33)36-24)35-22(31)17-16-20(28)29/h16-17,19,24,27,32H,2-15,18H2,1H3,(H,28,29)/b17-16+/t19-,24+/m0/s1. The van der Waals surface area contributed by atoms with Crippen molar-refractivity contribution in [3.63, 3.8) is 0 Å². The molecule has 0 bridgehead atoms. The molecule has 0 saturated heterocycles. The van der Waals surface area contributed by atoms with Gasteiger partial charge in [-0.3, -0.25) is 4.79 Å². The van der Waals surface area contributed by atoms with Crippen molar-refractivity contribution >= 4 is 23.9 Å². The van der Waals surface area contributed by atoms with Crippen LogP contribution in [-0.4, -0.2) is 58.0 Å². The lowest BCUT2D eigenvalue weighted by Crippen LogP contribution is -2.33. The number of carbonyl (C=O) groups is 4. The maximum Gasteiger partial charge on any atom is 0.378 e. The Bertz CT molecular complexity index is 771. The number of aliphatic carboxylic acids is 1. The molecule has 0 aromatic rings. The average molecular weight is 513 g/mol. The molecular formula is C26H40O10. The molecule has 3 N–H and O–H groups in total. The molecule has 1 aliphatic heterocycles. The lowest BCUT2D eigenvalue weighted by molar-refractivity contribution is -0.156. The van der Waals surface area contributed by atoms with Gasteiger partial charge in [0.05, 0.1) is 0 Å². The summed E-state index contributed by atoms with van der Waals surface area (Å²) < 4.78 is 14.3. The van der Waals surface area contributed by atoms with Crippen LogP contribution in [0.15, 0.2) is 23.7 Å². The maximum atomic E-state index is 11.9. The molecule has 1 heterocycles. The largest absolute Gasteiger partial charge is 0.505 e. The summed E-state index contributed by atoms with van der Waals surface area (Å²) in [4.78, 5) is 45.6. The Labute approximate surface area is 212 Å². The first-order valence-corrected chi connectivity index (χ1v) is 12.9. The Balaban J connectivity index is 2.17. The molecule has 0 spiro atoms. The van der Waals surface area contributed by atoms with Crippen LogP contribution in [0.1, 0.15) is 96.8 Å². The monoisotopic (exact) mass is 512 g/mol. The number of unbranched alkanes of at least 4 members (excludes halogenated alkanes) is 12. The van der Waals surface area contributed by atoms with Crippen LogP contribution in [-0.2, 0) is 33.4 Å². The van der Waals surface area contributed by atoms with Crippen LogP contribution in [0.3, 0.4) is 0 Å². The van der Waals surface area contributed by atoms with E-state index in [9.17, 15) is 29.4 Å². The van der Waals surface area contributed by atoms with Gasteiger partial charge in [-0.2, -0.15) is 0 Å². The first-order valence-electron chi connectivity index (χ1n) is 12.9. The van der Waals surface area contributed by atoms with Crippen LogP contribution < -0.4 is 0 Å². The van der Waals surface area contributed by atoms with Gasteiger partial charge in [-0.25, -0.2) is 14.4 Å². The molecule has 2 atom stereocenters. The molecule has 0 saturated carbocycles. The summed E-state index contributed by atoms with van der Waals surface area (Å²) in [5.74, 6) is -6.08. The molecule has 204 valence electrons. The zero-order valence-corrected chi connectivity index (χ0v) is 21.1. The van der Waals surface area contributed by atoms with E-state index in [1.54, 1.807) is 0 Å². The molecule has 0 fully saturated rings. The maximum absolute atomic E-state index is 11.9. The van der Waals surface area contributed by atoms with Crippen molar-refractivity contribution in [3.8, 4) is 0 Å². The summed E-state index contributed by atoms with van der Waals surface area (Å²) in [5.41, 5.74) is 0. The zero-order valence-electron chi connectivity index (χ0n) is 21.1.